The van der Waals surface area contributed by atoms with Gasteiger partial charge in [-0.25, -0.2) is 0 Å². The van der Waals surface area contributed by atoms with Gasteiger partial charge in [0.15, 0.2) is 11.5 Å². The molecule has 1 aliphatic carbocycles. The standard InChI is InChI=1S/C13H10F2O2/c14-13(15)7-6-11(16)8-12(13)17-9-10-4-2-1-3-5-10/h1-8H,9H2. The first-order valence-corrected chi connectivity index (χ1v) is 5.08. The van der Waals surface area contributed by atoms with Crippen LogP contribution in [0.15, 0.2) is 54.3 Å². The number of hydrogen-bond donors (Lipinski definition) is 0. The Morgan fingerprint density at radius 3 is 2.59 bits per heavy atom. The molecule has 2 rings (SSSR count). The van der Waals surface area contributed by atoms with Crippen LogP contribution in [0, 0.1) is 0 Å². The van der Waals surface area contributed by atoms with Gasteiger partial charge >= 0.3 is 5.92 Å². The molecule has 2 nitrogen and oxygen atoms in total. The highest BCUT2D eigenvalue weighted by molar-refractivity contribution is 6.00. The quantitative estimate of drug-likeness (QED) is 0.806. The van der Waals surface area contributed by atoms with Crippen molar-refractivity contribution in [2.45, 2.75) is 12.5 Å². The second kappa shape index (κ2) is 4.49. The molecule has 1 aromatic rings. The molecular weight excluding hydrogens is 226 g/mol. The summed E-state index contributed by atoms with van der Waals surface area (Å²) in [7, 11) is 0. The average Bonchev–Trinajstić information content (AvgIpc) is 2.32. The van der Waals surface area contributed by atoms with Crippen molar-refractivity contribution in [3.8, 4) is 0 Å². The van der Waals surface area contributed by atoms with Gasteiger partial charge in [-0.15, -0.1) is 0 Å². The van der Waals surface area contributed by atoms with Crippen LogP contribution in [0.3, 0.4) is 0 Å². The van der Waals surface area contributed by atoms with E-state index in [0.29, 0.717) is 6.08 Å². The van der Waals surface area contributed by atoms with Crippen molar-refractivity contribution in [3.63, 3.8) is 0 Å². The van der Waals surface area contributed by atoms with Crippen molar-refractivity contribution in [2.75, 3.05) is 0 Å². The summed E-state index contributed by atoms with van der Waals surface area (Å²) in [5.74, 6) is -4.30. The van der Waals surface area contributed by atoms with Crippen molar-refractivity contribution in [3.05, 3.63) is 59.9 Å². The number of alkyl halides is 2. The molecule has 0 unspecified atom stereocenters. The Morgan fingerprint density at radius 1 is 1.18 bits per heavy atom. The third-order valence-corrected chi connectivity index (χ3v) is 2.30. The van der Waals surface area contributed by atoms with E-state index < -0.39 is 17.5 Å². The van der Waals surface area contributed by atoms with Gasteiger partial charge in [0.2, 0.25) is 0 Å². The fourth-order valence-corrected chi connectivity index (χ4v) is 1.42. The van der Waals surface area contributed by atoms with E-state index in [1.54, 1.807) is 24.3 Å². The Bertz CT molecular complexity index is 475. The highest BCUT2D eigenvalue weighted by Gasteiger charge is 2.36. The van der Waals surface area contributed by atoms with Gasteiger partial charge in [0.1, 0.15) is 6.61 Å². The summed E-state index contributed by atoms with van der Waals surface area (Å²) in [6, 6.07) is 8.93. The van der Waals surface area contributed by atoms with Crippen LogP contribution in [0.25, 0.3) is 0 Å². The number of hydrogen-bond acceptors (Lipinski definition) is 2. The molecular formula is C13H10F2O2. The van der Waals surface area contributed by atoms with E-state index in [1.807, 2.05) is 6.07 Å². The summed E-state index contributed by atoms with van der Waals surface area (Å²) in [4.78, 5) is 11.0. The fraction of sp³-hybridized carbons (Fsp3) is 0.154. The SMILES string of the molecule is O=C1C=CC(F)(F)C(OCc2ccccc2)=C1. The van der Waals surface area contributed by atoms with Gasteiger partial charge in [0, 0.05) is 6.08 Å². The van der Waals surface area contributed by atoms with Crippen LogP contribution in [0.4, 0.5) is 8.78 Å². The molecule has 0 saturated heterocycles. The van der Waals surface area contributed by atoms with Crippen LogP contribution in [-0.2, 0) is 16.1 Å². The number of halogens is 2. The van der Waals surface area contributed by atoms with Gasteiger partial charge in [0.05, 0.1) is 0 Å². The number of ketones is 1. The summed E-state index contributed by atoms with van der Waals surface area (Å²) >= 11 is 0. The van der Waals surface area contributed by atoms with Gasteiger partial charge in [-0.1, -0.05) is 30.3 Å². The second-order valence-electron chi connectivity index (χ2n) is 3.64. The Hall–Kier alpha value is -1.97. The minimum atomic E-state index is -3.21. The number of allylic oxidation sites excluding steroid dienone is 3. The first kappa shape index (κ1) is 11.5. The largest absolute Gasteiger partial charge is 0.486 e. The molecule has 0 radical (unpaired) electrons. The average molecular weight is 236 g/mol. The minimum absolute atomic E-state index is 0.0172. The van der Waals surface area contributed by atoms with E-state index >= 15 is 0 Å². The molecule has 88 valence electrons. The summed E-state index contributed by atoms with van der Waals surface area (Å²) in [5, 5.41) is 0. The van der Waals surface area contributed by atoms with Crippen LogP contribution >= 0.6 is 0 Å². The lowest BCUT2D eigenvalue weighted by molar-refractivity contribution is -0.111. The lowest BCUT2D eigenvalue weighted by Crippen LogP contribution is -2.22. The van der Waals surface area contributed by atoms with Crippen molar-refractivity contribution >= 4 is 5.78 Å². The molecule has 1 aromatic carbocycles. The molecule has 1 aliphatic rings. The zero-order valence-electron chi connectivity index (χ0n) is 8.90. The third kappa shape index (κ3) is 2.78. The summed E-state index contributed by atoms with van der Waals surface area (Å²) in [6.07, 6.45) is 2.22. The Balaban J connectivity index is 2.06. The molecule has 0 aliphatic heterocycles. The maximum absolute atomic E-state index is 13.3. The predicted molar refractivity (Wildman–Crippen MR) is 58.4 cm³/mol. The van der Waals surface area contributed by atoms with E-state index in [9.17, 15) is 13.6 Å². The van der Waals surface area contributed by atoms with E-state index in [-0.39, 0.29) is 6.61 Å². The van der Waals surface area contributed by atoms with E-state index in [2.05, 4.69) is 0 Å². The lowest BCUT2D eigenvalue weighted by Gasteiger charge is -2.19. The summed E-state index contributed by atoms with van der Waals surface area (Å²) in [5.41, 5.74) is 0.770. The van der Waals surface area contributed by atoms with Crippen LogP contribution in [0.5, 0.6) is 0 Å². The predicted octanol–water partition coefficient (Wildman–Crippen LogP) is 2.86. The maximum atomic E-state index is 13.3. The highest BCUT2D eigenvalue weighted by atomic mass is 19.3. The number of ether oxygens (including phenoxy) is 1. The monoisotopic (exact) mass is 236 g/mol. The normalized spacial score (nSPS) is 17.8. The molecule has 0 fully saturated rings. The smallest absolute Gasteiger partial charge is 0.323 e. The van der Waals surface area contributed by atoms with Crippen molar-refractivity contribution in [1.82, 2.24) is 0 Å². The molecule has 0 spiro atoms. The second-order valence-corrected chi connectivity index (χ2v) is 3.64. The van der Waals surface area contributed by atoms with Crippen LogP contribution in [0.2, 0.25) is 0 Å². The summed E-state index contributed by atoms with van der Waals surface area (Å²) in [6.45, 7) is 0.0172. The van der Waals surface area contributed by atoms with E-state index in [4.69, 9.17) is 4.74 Å². The van der Waals surface area contributed by atoms with Crippen LogP contribution < -0.4 is 0 Å². The molecule has 17 heavy (non-hydrogen) atoms. The number of carbonyl (C=O) groups is 1. The number of rotatable bonds is 3. The van der Waals surface area contributed by atoms with E-state index in [0.717, 1.165) is 17.7 Å². The van der Waals surface area contributed by atoms with Gasteiger partial charge in [-0.2, -0.15) is 8.78 Å². The third-order valence-electron chi connectivity index (χ3n) is 2.30. The first-order chi connectivity index (χ1) is 8.08. The molecule has 0 aromatic heterocycles. The zero-order valence-corrected chi connectivity index (χ0v) is 8.90. The topological polar surface area (TPSA) is 26.3 Å². The fourth-order valence-electron chi connectivity index (χ4n) is 1.42. The van der Waals surface area contributed by atoms with Crippen molar-refractivity contribution in [2.24, 2.45) is 0 Å². The van der Waals surface area contributed by atoms with Crippen LogP contribution in [0.1, 0.15) is 5.56 Å². The molecule has 0 heterocycles. The zero-order chi connectivity index (χ0) is 12.3. The summed E-state index contributed by atoms with van der Waals surface area (Å²) < 4.78 is 31.6. The van der Waals surface area contributed by atoms with Crippen molar-refractivity contribution in [1.29, 1.82) is 0 Å². The molecule has 0 atom stereocenters. The van der Waals surface area contributed by atoms with E-state index in [1.165, 1.54) is 0 Å². The van der Waals surface area contributed by atoms with Gasteiger partial charge in [0.25, 0.3) is 0 Å². The van der Waals surface area contributed by atoms with Crippen molar-refractivity contribution < 1.29 is 18.3 Å². The first-order valence-electron chi connectivity index (χ1n) is 5.08. The molecule has 0 N–H and O–H groups in total. The molecule has 0 saturated carbocycles. The Kier molecular flexibility index (Phi) is 3.04. The van der Waals surface area contributed by atoms with Gasteiger partial charge < -0.3 is 4.74 Å². The Labute approximate surface area is 97.2 Å². The lowest BCUT2D eigenvalue weighted by atomic mass is 10.1. The van der Waals surface area contributed by atoms with Gasteiger partial charge in [-0.05, 0) is 17.7 Å². The Morgan fingerprint density at radius 2 is 1.88 bits per heavy atom. The number of benzene rings is 1. The molecule has 0 bridgehead atoms. The minimum Gasteiger partial charge on any atom is -0.486 e. The van der Waals surface area contributed by atoms with Crippen LogP contribution in [-0.4, -0.2) is 11.7 Å². The van der Waals surface area contributed by atoms with Gasteiger partial charge in [-0.3, -0.25) is 4.79 Å². The molecule has 4 heteroatoms. The maximum Gasteiger partial charge on any atom is 0.323 e. The molecule has 0 amide bonds. The number of carbonyl (C=O) groups excluding carboxylic acids is 1. The highest BCUT2D eigenvalue weighted by Crippen LogP contribution is 2.30.